The van der Waals surface area contributed by atoms with Gasteiger partial charge in [-0.25, -0.2) is 0 Å². The van der Waals surface area contributed by atoms with Crippen molar-refractivity contribution in [3.63, 3.8) is 0 Å². The molecule has 4 heteroatoms. The van der Waals surface area contributed by atoms with Crippen LogP contribution < -0.4 is 10.2 Å². The van der Waals surface area contributed by atoms with Crippen LogP contribution in [0.1, 0.15) is 37.3 Å². The Hall–Kier alpha value is -2.23. The molecule has 1 aliphatic carbocycles. The zero-order valence-corrected chi connectivity index (χ0v) is 14.3. The Morgan fingerprint density at radius 1 is 1.25 bits per heavy atom. The standard InChI is InChI=1S/C20H26N2O2/c1-2-16-7-8-18-15-19(10-9-17(18)14-16)24-13-5-11-21-20-6-3-4-12-22(20)23/h3-4,6,9-10,12,15-16,23H,2,5,7-8,11,13-14H2,1H3. The van der Waals surface area contributed by atoms with E-state index >= 15 is 0 Å². The first-order chi connectivity index (χ1) is 11.8. The van der Waals surface area contributed by atoms with Crippen molar-refractivity contribution in [2.75, 3.05) is 13.2 Å². The van der Waals surface area contributed by atoms with Gasteiger partial charge in [-0.3, -0.25) is 4.99 Å². The van der Waals surface area contributed by atoms with Crippen molar-refractivity contribution in [3.8, 4) is 5.75 Å². The highest BCUT2D eigenvalue weighted by molar-refractivity contribution is 5.37. The predicted octanol–water partition coefficient (Wildman–Crippen LogP) is 3.61. The number of aryl methyl sites for hydroxylation is 1. The summed E-state index contributed by atoms with van der Waals surface area (Å²) >= 11 is 0. The topological polar surface area (TPSA) is 46.8 Å². The van der Waals surface area contributed by atoms with Crippen molar-refractivity contribution in [3.05, 3.63) is 59.2 Å². The van der Waals surface area contributed by atoms with Crippen LogP contribution in [-0.4, -0.2) is 23.1 Å². The summed E-state index contributed by atoms with van der Waals surface area (Å²) in [4.78, 5) is 4.36. The monoisotopic (exact) mass is 326 g/mol. The highest BCUT2D eigenvalue weighted by atomic mass is 16.5. The van der Waals surface area contributed by atoms with Crippen LogP contribution in [0.4, 0.5) is 0 Å². The molecular weight excluding hydrogens is 300 g/mol. The first-order valence-corrected chi connectivity index (χ1v) is 8.88. The quantitative estimate of drug-likeness (QED) is 0.651. The van der Waals surface area contributed by atoms with Crippen molar-refractivity contribution < 1.29 is 9.94 Å². The minimum atomic E-state index is 0.566. The molecule has 128 valence electrons. The van der Waals surface area contributed by atoms with E-state index in [1.54, 1.807) is 18.3 Å². The Bertz CT molecular complexity index is 736. The summed E-state index contributed by atoms with van der Waals surface area (Å²) in [5.41, 5.74) is 3.51. The molecule has 1 aliphatic rings. The molecule has 24 heavy (non-hydrogen) atoms. The van der Waals surface area contributed by atoms with Gasteiger partial charge in [-0.15, -0.1) is 0 Å². The summed E-state index contributed by atoms with van der Waals surface area (Å²) in [6.45, 7) is 3.55. The predicted molar refractivity (Wildman–Crippen MR) is 94.4 cm³/mol. The first kappa shape index (κ1) is 16.6. The van der Waals surface area contributed by atoms with E-state index in [4.69, 9.17) is 4.74 Å². The normalized spacial score (nSPS) is 17.5. The Labute approximate surface area is 143 Å². The summed E-state index contributed by atoms with van der Waals surface area (Å²) in [5, 5.41) is 9.59. The molecule has 0 saturated carbocycles. The molecule has 1 aromatic heterocycles. The van der Waals surface area contributed by atoms with E-state index in [1.165, 1.54) is 36.8 Å². The minimum absolute atomic E-state index is 0.566. The van der Waals surface area contributed by atoms with Crippen LogP contribution in [-0.2, 0) is 12.8 Å². The maximum absolute atomic E-state index is 9.59. The largest absolute Gasteiger partial charge is 0.494 e. The number of hydrogen-bond acceptors (Lipinski definition) is 3. The lowest BCUT2D eigenvalue weighted by Gasteiger charge is -2.24. The second-order valence-corrected chi connectivity index (χ2v) is 6.43. The van der Waals surface area contributed by atoms with Gasteiger partial charge >= 0.3 is 0 Å². The third-order valence-corrected chi connectivity index (χ3v) is 4.75. The third kappa shape index (κ3) is 4.19. The molecule has 1 heterocycles. The number of fused-ring (bicyclic) bond motifs is 1. The maximum atomic E-state index is 9.59. The zero-order chi connectivity index (χ0) is 16.8. The molecule has 0 spiro atoms. The summed E-state index contributed by atoms with van der Waals surface area (Å²) < 4.78 is 6.90. The summed E-state index contributed by atoms with van der Waals surface area (Å²) in [5.74, 6) is 1.80. The van der Waals surface area contributed by atoms with Crippen molar-refractivity contribution in [1.29, 1.82) is 0 Å². The molecule has 1 unspecified atom stereocenters. The van der Waals surface area contributed by atoms with Crippen molar-refractivity contribution in [1.82, 2.24) is 4.73 Å². The van der Waals surface area contributed by atoms with Gasteiger partial charge in [0.05, 0.1) is 6.61 Å². The van der Waals surface area contributed by atoms with Crippen LogP contribution >= 0.6 is 0 Å². The molecule has 0 fully saturated rings. The van der Waals surface area contributed by atoms with E-state index in [1.807, 2.05) is 6.07 Å². The fourth-order valence-electron chi connectivity index (χ4n) is 3.24. The van der Waals surface area contributed by atoms with Gasteiger partial charge in [0.1, 0.15) is 5.75 Å². The molecule has 4 nitrogen and oxygen atoms in total. The number of benzene rings is 1. The third-order valence-electron chi connectivity index (χ3n) is 4.75. The van der Waals surface area contributed by atoms with E-state index < -0.39 is 0 Å². The van der Waals surface area contributed by atoms with E-state index in [0.717, 1.165) is 22.8 Å². The van der Waals surface area contributed by atoms with Gasteiger partial charge in [-0.2, -0.15) is 4.73 Å². The first-order valence-electron chi connectivity index (χ1n) is 8.88. The average Bonchev–Trinajstić information content (AvgIpc) is 2.62. The van der Waals surface area contributed by atoms with Crippen molar-refractivity contribution in [2.24, 2.45) is 10.9 Å². The lowest BCUT2D eigenvalue weighted by atomic mass is 9.82. The number of pyridine rings is 1. The molecule has 0 saturated heterocycles. The van der Waals surface area contributed by atoms with E-state index in [9.17, 15) is 5.21 Å². The summed E-state index contributed by atoms with van der Waals surface area (Å²) in [6, 6.07) is 11.9. The van der Waals surface area contributed by atoms with Crippen LogP contribution in [0.5, 0.6) is 5.75 Å². The van der Waals surface area contributed by atoms with E-state index in [0.29, 0.717) is 18.6 Å². The van der Waals surface area contributed by atoms with Crippen LogP contribution in [0.25, 0.3) is 0 Å². The lowest BCUT2D eigenvalue weighted by Crippen LogP contribution is -2.17. The Kier molecular flexibility index (Phi) is 5.57. The number of nitrogens with zero attached hydrogens (tertiary/aromatic N) is 2. The van der Waals surface area contributed by atoms with Gasteiger partial charge in [0.15, 0.2) is 5.49 Å². The Morgan fingerprint density at radius 2 is 2.17 bits per heavy atom. The molecule has 0 bridgehead atoms. The van der Waals surface area contributed by atoms with Crippen LogP contribution in [0.2, 0.25) is 0 Å². The van der Waals surface area contributed by atoms with Crippen LogP contribution in [0.3, 0.4) is 0 Å². The molecule has 2 aromatic rings. The number of hydrogen-bond donors (Lipinski definition) is 1. The maximum Gasteiger partial charge on any atom is 0.163 e. The molecule has 1 atom stereocenters. The minimum Gasteiger partial charge on any atom is -0.494 e. The Balaban J connectivity index is 1.49. The fraction of sp³-hybridized carbons (Fsp3) is 0.450. The smallest absolute Gasteiger partial charge is 0.163 e. The molecular formula is C20H26N2O2. The number of rotatable bonds is 6. The number of aromatic nitrogens is 1. The molecule has 3 rings (SSSR count). The summed E-state index contributed by atoms with van der Waals surface area (Å²) in [6.07, 6.45) is 7.35. The Morgan fingerprint density at radius 3 is 3.00 bits per heavy atom. The van der Waals surface area contributed by atoms with Crippen LogP contribution in [0.15, 0.2) is 47.6 Å². The van der Waals surface area contributed by atoms with Gasteiger partial charge in [0.2, 0.25) is 0 Å². The second kappa shape index (κ2) is 8.04. The van der Waals surface area contributed by atoms with Gasteiger partial charge in [0.25, 0.3) is 0 Å². The lowest BCUT2D eigenvalue weighted by molar-refractivity contribution is 0.171. The average molecular weight is 326 g/mol. The van der Waals surface area contributed by atoms with Gasteiger partial charge < -0.3 is 9.94 Å². The fourth-order valence-corrected chi connectivity index (χ4v) is 3.24. The highest BCUT2D eigenvalue weighted by Gasteiger charge is 2.17. The molecule has 0 radical (unpaired) electrons. The van der Waals surface area contributed by atoms with Crippen LogP contribution in [0, 0.1) is 5.92 Å². The van der Waals surface area contributed by atoms with Crippen molar-refractivity contribution in [2.45, 2.75) is 39.0 Å². The number of ether oxygens (including phenoxy) is 1. The summed E-state index contributed by atoms with van der Waals surface area (Å²) in [7, 11) is 0. The second-order valence-electron chi connectivity index (χ2n) is 6.43. The highest BCUT2D eigenvalue weighted by Crippen LogP contribution is 2.30. The van der Waals surface area contributed by atoms with Gasteiger partial charge in [0, 0.05) is 19.2 Å². The molecule has 1 N–H and O–H groups in total. The SMILES string of the molecule is CCC1CCc2cc(OCCCN=c3ccccn3O)ccc2C1. The molecule has 1 aromatic carbocycles. The zero-order valence-electron chi connectivity index (χ0n) is 14.3. The van der Waals surface area contributed by atoms with Gasteiger partial charge in [-0.05, 0) is 60.6 Å². The van der Waals surface area contributed by atoms with Crippen molar-refractivity contribution >= 4 is 0 Å². The molecule has 0 amide bonds. The van der Waals surface area contributed by atoms with E-state index in [2.05, 4.69) is 30.1 Å². The van der Waals surface area contributed by atoms with Gasteiger partial charge in [-0.1, -0.05) is 25.5 Å². The van der Waals surface area contributed by atoms with E-state index in [-0.39, 0.29) is 0 Å². The molecule has 0 aliphatic heterocycles.